The quantitative estimate of drug-likeness (QED) is 0.284. The minimum atomic E-state index is -0.467. The number of nitrogens with one attached hydrogen (secondary N) is 1. The molecule has 1 aliphatic carbocycles. The zero-order valence-corrected chi connectivity index (χ0v) is 24.1. The Bertz CT molecular complexity index is 1410. The third kappa shape index (κ3) is 5.33. The van der Waals surface area contributed by atoms with Crippen LogP contribution in [0.2, 0.25) is 0 Å². The summed E-state index contributed by atoms with van der Waals surface area (Å²) < 4.78 is 11.3. The number of methoxy groups -OCH3 is 1. The number of anilines is 6. The van der Waals surface area contributed by atoms with Crippen LogP contribution in [0.1, 0.15) is 42.7 Å². The molecule has 1 aromatic carbocycles. The molecule has 2 aliphatic rings. The number of rotatable bonds is 10. The lowest BCUT2D eigenvalue weighted by Gasteiger charge is -2.25. The van der Waals surface area contributed by atoms with Crippen molar-refractivity contribution in [2.24, 2.45) is 0 Å². The van der Waals surface area contributed by atoms with Crippen LogP contribution in [0.4, 0.5) is 34.5 Å². The maximum atomic E-state index is 13.1. The third-order valence-corrected chi connectivity index (χ3v) is 7.37. The lowest BCUT2D eigenvalue weighted by molar-refractivity contribution is 0.0378. The molecule has 0 atom stereocenters. The highest BCUT2D eigenvalue weighted by Gasteiger charge is 2.54. The standard InChI is InChI=1S/C29H38N8O3/c1-18(2)40-27(38)19-16-32-28(34-26(19)37-17-29(9-10-29)25-22(37)8-7-11-31-25)33-21-14-20(30)23(15-24(21)39-6)36(5)13-12-35(3)4/h7-8,11,14-16,18H,9-10,12-13,17,30H2,1-6H3,(H,32,33,34). The zero-order chi connectivity index (χ0) is 28.6. The second-order valence-corrected chi connectivity index (χ2v) is 11.1. The molecule has 3 N–H and O–H groups in total. The molecule has 0 bridgehead atoms. The van der Waals surface area contributed by atoms with Gasteiger partial charge in [0.25, 0.3) is 0 Å². The molecule has 0 unspecified atom stereocenters. The van der Waals surface area contributed by atoms with Gasteiger partial charge in [-0.25, -0.2) is 9.78 Å². The Morgan fingerprint density at radius 2 is 1.98 bits per heavy atom. The fourth-order valence-corrected chi connectivity index (χ4v) is 5.05. The number of carbonyl (C=O) groups is 1. The predicted octanol–water partition coefficient (Wildman–Crippen LogP) is 3.95. The Labute approximate surface area is 235 Å². The van der Waals surface area contributed by atoms with Gasteiger partial charge in [-0.15, -0.1) is 0 Å². The zero-order valence-electron chi connectivity index (χ0n) is 24.1. The van der Waals surface area contributed by atoms with Crippen LogP contribution in [-0.4, -0.2) is 79.8 Å². The van der Waals surface area contributed by atoms with Crippen molar-refractivity contribution in [3.8, 4) is 5.75 Å². The van der Waals surface area contributed by atoms with E-state index in [-0.39, 0.29) is 11.5 Å². The van der Waals surface area contributed by atoms with Crippen LogP contribution in [0.3, 0.4) is 0 Å². The number of aromatic nitrogens is 3. The summed E-state index contributed by atoms with van der Waals surface area (Å²) in [7, 11) is 7.69. The average molecular weight is 547 g/mol. The fraction of sp³-hybridized carbons (Fsp3) is 0.448. The minimum Gasteiger partial charge on any atom is -0.494 e. The van der Waals surface area contributed by atoms with Crippen LogP contribution in [0.5, 0.6) is 5.75 Å². The van der Waals surface area contributed by atoms with E-state index >= 15 is 0 Å². The molecule has 11 nitrogen and oxygen atoms in total. The summed E-state index contributed by atoms with van der Waals surface area (Å²) in [6, 6.07) is 7.66. The summed E-state index contributed by atoms with van der Waals surface area (Å²) in [4.78, 5) is 33.4. The molecule has 0 amide bonds. The highest BCUT2D eigenvalue weighted by Crippen LogP contribution is 2.57. The third-order valence-electron chi connectivity index (χ3n) is 7.37. The molecule has 1 aliphatic heterocycles. The molecule has 3 heterocycles. The van der Waals surface area contributed by atoms with E-state index in [9.17, 15) is 4.79 Å². The van der Waals surface area contributed by atoms with Gasteiger partial charge < -0.3 is 35.2 Å². The van der Waals surface area contributed by atoms with Crippen molar-refractivity contribution in [1.82, 2.24) is 19.9 Å². The van der Waals surface area contributed by atoms with E-state index in [0.29, 0.717) is 41.0 Å². The molecule has 5 rings (SSSR count). The van der Waals surface area contributed by atoms with E-state index in [1.807, 2.05) is 65.5 Å². The molecule has 1 spiro atoms. The average Bonchev–Trinajstić information content (AvgIpc) is 3.63. The van der Waals surface area contributed by atoms with Crippen LogP contribution >= 0.6 is 0 Å². The van der Waals surface area contributed by atoms with Gasteiger partial charge in [-0.1, -0.05) is 0 Å². The van der Waals surface area contributed by atoms with Crippen LogP contribution in [0.25, 0.3) is 0 Å². The van der Waals surface area contributed by atoms with Crippen LogP contribution < -0.4 is 25.6 Å². The monoisotopic (exact) mass is 546 g/mol. The van der Waals surface area contributed by atoms with Gasteiger partial charge in [0.05, 0.1) is 41.7 Å². The second-order valence-electron chi connectivity index (χ2n) is 11.1. The van der Waals surface area contributed by atoms with Crippen molar-refractivity contribution in [1.29, 1.82) is 0 Å². The molecule has 11 heteroatoms. The first kappa shape index (κ1) is 27.4. The number of esters is 1. The Morgan fingerprint density at radius 1 is 1.20 bits per heavy atom. The number of fused-ring (bicyclic) bond motifs is 2. The molecular formula is C29H38N8O3. The lowest BCUT2D eigenvalue weighted by atomic mass is 10.1. The Morgan fingerprint density at radius 3 is 2.65 bits per heavy atom. The smallest absolute Gasteiger partial charge is 0.343 e. The number of carbonyl (C=O) groups excluding carboxylic acids is 1. The normalized spacial score (nSPS) is 14.9. The Hall–Kier alpha value is -4.12. The van der Waals surface area contributed by atoms with Crippen LogP contribution in [0.15, 0.2) is 36.7 Å². The number of nitrogens with zero attached hydrogens (tertiary/aromatic N) is 6. The SMILES string of the molecule is COc1cc(N(C)CCN(C)C)c(N)cc1Nc1ncc(C(=O)OC(C)C)c(N2CC3(CC3)c3ncccc32)n1. The van der Waals surface area contributed by atoms with Crippen LogP contribution in [-0.2, 0) is 10.2 Å². The van der Waals surface area contributed by atoms with Gasteiger partial charge in [-0.3, -0.25) is 4.98 Å². The van der Waals surface area contributed by atoms with E-state index in [1.54, 1.807) is 7.11 Å². The molecule has 3 aromatic rings. The number of nitrogen functional groups attached to an aromatic ring is 1. The first-order valence-corrected chi connectivity index (χ1v) is 13.5. The van der Waals surface area contributed by atoms with Gasteiger partial charge in [-0.2, -0.15) is 4.98 Å². The van der Waals surface area contributed by atoms with Crippen molar-refractivity contribution < 1.29 is 14.3 Å². The van der Waals surface area contributed by atoms with Crippen molar-refractivity contribution in [2.45, 2.75) is 38.2 Å². The predicted molar refractivity (Wildman–Crippen MR) is 157 cm³/mol. The lowest BCUT2D eigenvalue weighted by Crippen LogP contribution is -2.29. The minimum absolute atomic E-state index is 0.000466. The molecule has 1 saturated carbocycles. The molecule has 0 radical (unpaired) electrons. The Balaban J connectivity index is 1.50. The second kappa shape index (κ2) is 10.8. The molecule has 0 saturated heterocycles. The molecule has 1 fully saturated rings. The molecule has 212 valence electrons. The summed E-state index contributed by atoms with van der Waals surface area (Å²) in [6.07, 6.45) is 5.18. The van der Waals surface area contributed by atoms with Gasteiger partial charge in [0.15, 0.2) is 5.82 Å². The summed E-state index contributed by atoms with van der Waals surface area (Å²) in [5.74, 6) is 0.922. The maximum absolute atomic E-state index is 13.1. The maximum Gasteiger partial charge on any atom is 0.343 e. The van der Waals surface area contributed by atoms with Crippen molar-refractivity contribution in [3.05, 3.63) is 47.9 Å². The van der Waals surface area contributed by atoms with Gasteiger partial charge in [0.1, 0.15) is 11.3 Å². The number of hydrogen-bond donors (Lipinski definition) is 2. The Kier molecular flexibility index (Phi) is 7.41. The summed E-state index contributed by atoms with van der Waals surface area (Å²) >= 11 is 0. The van der Waals surface area contributed by atoms with E-state index in [1.165, 1.54) is 6.20 Å². The van der Waals surface area contributed by atoms with E-state index in [4.69, 9.17) is 20.2 Å². The number of pyridine rings is 1. The first-order valence-electron chi connectivity index (χ1n) is 13.5. The number of ether oxygens (including phenoxy) is 2. The van der Waals surface area contributed by atoms with Gasteiger partial charge >= 0.3 is 5.97 Å². The fourth-order valence-electron chi connectivity index (χ4n) is 5.05. The molecule has 2 aromatic heterocycles. The number of likely N-dealkylation sites (N-methyl/N-ethyl adjacent to an activating group) is 2. The summed E-state index contributed by atoms with van der Waals surface area (Å²) in [5.41, 5.74) is 10.9. The molecule has 40 heavy (non-hydrogen) atoms. The van der Waals surface area contributed by atoms with Gasteiger partial charge in [-0.05, 0) is 59.0 Å². The van der Waals surface area contributed by atoms with E-state index in [0.717, 1.165) is 43.0 Å². The highest BCUT2D eigenvalue weighted by molar-refractivity contribution is 5.96. The number of benzene rings is 1. The van der Waals surface area contributed by atoms with Crippen molar-refractivity contribution in [3.63, 3.8) is 0 Å². The van der Waals surface area contributed by atoms with E-state index < -0.39 is 5.97 Å². The van der Waals surface area contributed by atoms with Crippen molar-refractivity contribution >= 4 is 40.5 Å². The largest absolute Gasteiger partial charge is 0.494 e. The van der Waals surface area contributed by atoms with Crippen molar-refractivity contribution in [2.75, 3.05) is 68.7 Å². The molecular weight excluding hydrogens is 508 g/mol. The first-order chi connectivity index (χ1) is 19.1. The van der Waals surface area contributed by atoms with E-state index in [2.05, 4.69) is 30.0 Å². The van der Waals surface area contributed by atoms with Gasteiger partial charge in [0.2, 0.25) is 5.95 Å². The summed E-state index contributed by atoms with van der Waals surface area (Å²) in [5, 5.41) is 3.26. The number of nitrogens with two attached hydrogens (primary N) is 1. The number of hydrogen-bond acceptors (Lipinski definition) is 11. The van der Waals surface area contributed by atoms with Crippen LogP contribution in [0, 0.1) is 0 Å². The summed E-state index contributed by atoms with van der Waals surface area (Å²) in [6.45, 7) is 6.03. The topological polar surface area (TPSA) is 122 Å². The highest BCUT2D eigenvalue weighted by atomic mass is 16.5. The van der Waals surface area contributed by atoms with Gasteiger partial charge in [0, 0.05) is 50.6 Å².